The molecule has 26 heavy (non-hydrogen) atoms. The summed E-state index contributed by atoms with van der Waals surface area (Å²) in [4.78, 5) is 6.73. The van der Waals surface area contributed by atoms with Crippen LogP contribution in [-0.4, -0.2) is 57.4 Å². The first kappa shape index (κ1) is 20.6. The first-order valence-electron chi connectivity index (χ1n) is 9.71. The van der Waals surface area contributed by atoms with Gasteiger partial charge in [0.2, 0.25) is 0 Å². The second kappa shape index (κ2) is 9.81. The van der Waals surface area contributed by atoms with Crippen molar-refractivity contribution in [2.45, 2.75) is 39.5 Å². The van der Waals surface area contributed by atoms with Crippen molar-refractivity contribution in [3.63, 3.8) is 0 Å². The van der Waals surface area contributed by atoms with Gasteiger partial charge in [0.25, 0.3) is 0 Å². The Hall–Kier alpha value is -1.75. The molecule has 0 bridgehead atoms. The average Bonchev–Trinajstić information content (AvgIpc) is 3.08. The second-order valence-electron chi connectivity index (χ2n) is 7.83. The molecule has 2 rings (SSSR count). The third-order valence-corrected chi connectivity index (χ3v) is 4.69. The standard InChI is InChI=1S/C21H35N3O2/c1-6-25-16-17-11-13-24(15-17)20(22-5)23-12-14-26-19-10-8-7-9-18(19)21(2,3)4/h7-10,17H,6,11-16H2,1-5H3,(H,22,23). The Balaban J connectivity index is 1.79. The van der Waals surface area contributed by atoms with E-state index in [2.05, 4.69) is 48.1 Å². The highest BCUT2D eigenvalue weighted by Gasteiger charge is 2.24. The zero-order chi connectivity index (χ0) is 19.0. The number of rotatable bonds is 7. The first-order chi connectivity index (χ1) is 12.5. The van der Waals surface area contributed by atoms with Gasteiger partial charge in [-0.25, -0.2) is 0 Å². The topological polar surface area (TPSA) is 46.1 Å². The van der Waals surface area contributed by atoms with E-state index in [-0.39, 0.29) is 5.41 Å². The maximum Gasteiger partial charge on any atom is 0.193 e. The fourth-order valence-electron chi connectivity index (χ4n) is 3.31. The molecule has 0 amide bonds. The molecule has 1 aromatic rings. The molecule has 1 atom stereocenters. The van der Waals surface area contributed by atoms with Gasteiger partial charge >= 0.3 is 0 Å². The Kier molecular flexibility index (Phi) is 7.76. The minimum atomic E-state index is 0.0746. The predicted molar refractivity (Wildman–Crippen MR) is 108 cm³/mol. The van der Waals surface area contributed by atoms with Crippen molar-refractivity contribution in [2.24, 2.45) is 10.9 Å². The molecule has 0 saturated carbocycles. The van der Waals surface area contributed by atoms with E-state index in [1.807, 2.05) is 26.1 Å². The van der Waals surface area contributed by atoms with Crippen LogP contribution in [0.2, 0.25) is 0 Å². The Morgan fingerprint density at radius 2 is 2.08 bits per heavy atom. The van der Waals surface area contributed by atoms with Crippen LogP contribution in [0.5, 0.6) is 5.75 Å². The number of guanidine groups is 1. The molecule has 1 aliphatic rings. The Labute approximate surface area is 158 Å². The molecule has 0 spiro atoms. The van der Waals surface area contributed by atoms with Crippen molar-refractivity contribution in [3.8, 4) is 5.75 Å². The predicted octanol–water partition coefficient (Wildman–Crippen LogP) is 3.30. The first-order valence-corrected chi connectivity index (χ1v) is 9.71. The van der Waals surface area contributed by atoms with Crippen molar-refractivity contribution in [3.05, 3.63) is 29.8 Å². The van der Waals surface area contributed by atoms with Gasteiger partial charge in [-0.2, -0.15) is 0 Å². The van der Waals surface area contributed by atoms with E-state index < -0.39 is 0 Å². The smallest absolute Gasteiger partial charge is 0.193 e. The summed E-state index contributed by atoms with van der Waals surface area (Å²) in [6.45, 7) is 13.7. The summed E-state index contributed by atoms with van der Waals surface area (Å²) in [7, 11) is 1.84. The molecule has 0 aliphatic carbocycles. The lowest BCUT2D eigenvalue weighted by Crippen LogP contribution is -2.41. The quantitative estimate of drug-likeness (QED) is 0.460. The minimum Gasteiger partial charge on any atom is -0.491 e. The number of nitrogens with one attached hydrogen (secondary N) is 1. The molecule has 5 heteroatoms. The lowest BCUT2D eigenvalue weighted by molar-refractivity contribution is 0.114. The van der Waals surface area contributed by atoms with E-state index in [0.717, 1.165) is 51.0 Å². The maximum atomic E-state index is 6.04. The highest BCUT2D eigenvalue weighted by atomic mass is 16.5. The summed E-state index contributed by atoms with van der Waals surface area (Å²) in [5.41, 5.74) is 1.31. The molecule has 0 radical (unpaired) electrons. The summed E-state index contributed by atoms with van der Waals surface area (Å²) in [5.74, 6) is 2.52. The lowest BCUT2D eigenvalue weighted by Gasteiger charge is -2.24. The number of ether oxygens (including phenoxy) is 2. The van der Waals surface area contributed by atoms with Gasteiger partial charge in [-0.3, -0.25) is 4.99 Å². The molecule has 1 N–H and O–H groups in total. The molecular formula is C21H35N3O2. The maximum absolute atomic E-state index is 6.04. The number of aliphatic imine (C=N–C) groups is 1. The summed E-state index contributed by atoms with van der Waals surface area (Å²) in [5, 5.41) is 3.43. The Morgan fingerprint density at radius 3 is 2.77 bits per heavy atom. The van der Waals surface area contributed by atoms with Crippen molar-refractivity contribution in [1.29, 1.82) is 0 Å². The summed E-state index contributed by atoms with van der Waals surface area (Å²) in [6, 6.07) is 8.29. The van der Waals surface area contributed by atoms with Gasteiger partial charge in [0.15, 0.2) is 5.96 Å². The molecule has 0 aromatic heterocycles. The van der Waals surface area contributed by atoms with Gasteiger partial charge in [-0.1, -0.05) is 39.0 Å². The third-order valence-electron chi connectivity index (χ3n) is 4.69. The van der Waals surface area contributed by atoms with E-state index in [9.17, 15) is 0 Å². The zero-order valence-corrected chi connectivity index (χ0v) is 17.0. The molecule has 1 heterocycles. The van der Waals surface area contributed by atoms with Gasteiger partial charge < -0.3 is 19.7 Å². The van der Waals surface area contributed by atoms with Crippen LogP contribution in [0, 0.1) is 5.92 Å². The van der Waals surface area contributed by atoms with E-state index in [4.69, 9.17) is 9.47 Å². The van der Waals surface area contributed by atoms with Crippen molar-refractivity contribution >= 4 is 5.96 Å². The molecular weight excluding hydrogens is 326 g/mol. The number of likely N-dealkylation sites (tertiary alicyclic amines) is 1. The second-order valence-corrected chi connectivity index (χ2v) is 7.83. The van der Waals surface area contributed by atoms with Crippen LogP contribution in [0.25, 0.3) is 0 Å². The molecule has 1 unspecified atom stereocenters. The molecule has 146 valence electrons. The highest BCUT2D eigenvalue weighted by molar-refractivity contribution is 5.80. The van der Waals surface area contributed by atoms with E-state index in [0.29, 0.717) is 12.5 Å². The number of para-hydroxylation sites is 1. The Bertz CT molecular complexity index is 581. The van der Waals surface area contributed by atoms with Crippen molar-refractivity contribution in [2.75, 3.05) is 46.5 Å². The van der Waals surface area contributed by atoms with E-state index >= 15 is 0 Å². The van der Waals surface area contributed by atoms with Crippen molar-refractivity contribution in [1.82, 2.24) is 10.2 Å². The number of benzene rings is 1. The number of hydrogen-bond acceptors (Lipinski definition) is 3. The van der Waals surface area contributed by atoms with Crippen molar-refractivity contribution < 1.29 is 9.47 Å². The summed E-state index contributed by atoms with van der Waals surface area (Å²) < 4.78 is 11.6. The largest absolute Gasteiger partial charge is 0.491 e. The Morgan fingerprint density at radius 1 is 1.31 bits per heavy atom. The van der Waals surface area contributed by atoms with Crippen LogP contribution in [0.4, 0.5) is 0 Å². The van der Waals surface area contributed by atoms with Gasteiger partial charge in [-0.05, 0) is 30.4 Å². The molecule has 1 aliphatic heterocycles. The van der Waals surface area contributed by atoms with Gasteiger partial charge in [-0.15, -0.1) is 0 Å². The molecule has 1 saturated heterocycles. The molecule has 1 aromatic carbocycles. The third kappa shape index (κ3) is 5.90. The van der Waals surface area contributed by atoms with Gasteiger partial charge in [0, 0.05) is 32.7 Å². The van der Waals surface area contributed by atoms with Crippen LogP contribution >= 0.6 is 0 Å². The van der Waals surface area contributed by atoms with Gasteiger partial charge in [0.1, 0.15) is 12.4 Å². The van der Waals surface area contributed by atoms with Crippen LogP contribution in [0.1, 0.15) is 39.7 Å². The molecule has 5 nitrogen and oxygen atoms in total. The summed E-state index contributed by atoms with van der Waals surface area (Å²) in [6.07, 6.45) is 1.16. The van der Waals surface area contributed by atoms with Crippen LogP contribution < -0.4 is 10.1 Å². The van der Waals surface area contributed by atoms with Crippen LogP contribution in [-0.2, 0) is 10.2 Å². The average molecular weight is 362 g/mol. The van der Waals surface area contributed by atoms with Gasteiger partial charge in [0.05, 0.1) is 13.2 Å². The fraction of sp³-hybridized carbons (Fsp3) is 0.667. The monoisotopic (exact) mass is 361 g/mol. The number of hydrogen-bond donors (Lipinski definition) is 1. The zero-order valence-electron chi connectivity index (χ0n) is 17.0. The summed E-state index contributed by atoms with van der Waals surface area (Å²) >= 11 is 0. The number of nitrogens with zero attached hydrogens (tertiary/aromatic N) is 2. The normalized spacial score (nSPS) is 18.3. The van der Waals surface area contributed by atoms with Crippen LogP contribution in [0.3, 0.4) is 0 Å². The van der Waals surface area contributed by atoms with Crippen LogP contribution in [0.15, 0.2) is 29.3 Å². The lowest BCUT2D eigenvalue weighted by atomic mass is 9.86. The minimum absolute atomic E-state index is 0.0746. The highest BCUT2D eigenvalue weighted by Crippen LogP contribution is 2.30. The fourth-order valence-corrected chi connectivity index (χ4v) is 3.31. The van der Waals surface area contributed by atoms with E-state index in [1.165, 1.54) is 5.56 Å². The van der Waals surface area contributed by atoms with E-state index in [1.54, 1.807) is 0 Å². The molecule has 1 fully saturated rings. The SMILES string of the molecule is CCOCC1CCN(C(=NC)NCCOc2ccccc2C(C)(C)C)C1.